The first-order valence-corrected chi connectivity index (χ1v) is 11.7. The zero-order chi connectivity index (χ0) is 22.9. The molecule has 0 radical (unpaired) electrons. The van der Waals surface area contributed by atoms with Crippen LogP contribution in [-0.2, 0) is 13.0 Å². The molecular formula is C25H27ClN6O. The summed E-state index contributed by atoms with van der Waals surface area (Å²) in [6, 6.07) is 12.7. The molecule has 0 N–H and O–H groups in total. The van der Waals surface area contributed by atoms with Crippen molar-refractivity contribution in [1.82, 2.24) is 14.9 Å². The zero-order valence-corrected chi connectivity index (χ0v) is 19.7. The summed E-state index contributed by atoms with van der Waals surface area (Å²) in [6.45, 7) is 4.03. The molecule has 0 saturated carbocycles. The van der Waals surface area contributed by atoms with Gasteiger partial charge in [-0.25, -0.2) is 0 Å². The number of hydrogen-bond acceptors (Lipinski definition) is 7. The van der Waals surface area contributed by atoms with E-state index in [0.717, 1.165) is 72.0 Å². The third-order valence-corrected chi connectivity index (χ3v) is 7.01. The van der Waals surface area contributed by atoms with Crippen LogP contribution in [0.4, 0.5) is 11.5 Å². The molecule has 0 bridgehead atoms. The van der Waals surface area contributed by atoms with Crippen LogP contribution in [0.25, 0.3) is 10.8 Å². The SMILES string of the molecule is COc1nc2c(c(N(C)CC3CCN(C#N)C3)n1)CCN(c1cccc3cccc(Cl)c13)C2. The van der Waals surface area contributed by atoms with Crippen LogP contribution >= 0.6 is 11.6 Å². The van der Waals surface area contributed by atoms with Crippen LogP contribution in [0.3, 0.4) is 0 Å². The molecular weight excluding hydrogens is 436 g/mol. The molecule has 2 aromatic carbocycles. The zero-order valence-electron chi connectivity index (χ0n) is 19.0. The number of nitrogens with zero attached hydrogens (tertiary/aromatic N) is 6. The van der Waals surface area contributed by atoms with Crippen LogP contribution in [0.2, 0.25) is 5.02 Å². The van der Waals surface area contributed by atoms with E-state index >= 15 is 0 Å². The summed E-state index contributed by atoms with van der Waals surface area (Å²) < 4.78 is 5.47. The van der Waals surface area contributed by atoms with Gasteiger partial charge in [0.25, 0.3) is 0 Å². The van der Waals surface area contributed by atoms with Crippen LogP contribution in [0.5, 0.6) is 6.01 Å². The maximum absolute atomic E-state index is 9.18. The summed E-state index contributed by atoms with van der Waals surface area (Å²) in [7, 11) is 3.69. The monoisotopic (exact) mass is 462 g/mol. The predicted molar refractivity (Wildman–Crippen MR) is 131 cm³/mol. The van der Waals surface area contributed by atoms with Crippen molar-refractivity contribution in [3.63, 3.8) is 0 Å². The normalized spacial score (nSPS) is 17.7. The minimum absolute atomic E-state index is 0.387. The molecule has 2 aliphatic rings. The van der Waals surface area contributed by atoms with Gasteiger partial charge in [0.05, 0.1) is 24.4 Å². The molecule has 0 aliphatic carbocycles. The number of rotatable bonds is 5. The van der Waals surface area contributed by atoms with Crippen molar-refractivity contribution in [1.29, 1.82) is 5.26 Å². The highest BCUT2D eigenvalue weighted by Gasteiger charge is 2.28. The van der Waals surface area contributed by atoms with E-state index in [4.69, 9.17) is 26.3 Å². The van der Waals surface area contributed by atoms with E-state index in [9.17, 15) is 5.26 Å². The number of halogens is 1. The number of methoxy groups -OCH3 is 1. The summed E-state index contributed by atoms with van der Waals surface area (Å²) >= 11 is 6.60. The van der Waals surface area contributed by atoms with Gasteiger partial charge in [0, 0.05) is 49.9 Å². The Kier molecular flexibility index (Phi) is 5.86. The number of benzene rings is 2. The maximum Gasteiger partial charge on any atom is 0.318 e. The number of fused-ring (bicyclic) bond motifs is 2. The number of likely N-dealkylation sites (tertiary alicyclic amines) is 1. The summed E-state index contributed by atoms with van der Waals surface area (Å²) in [6.07, 6.45) is 4.13. The molecule has 1 atom stereocenters. The fraction of sp³-hybridized carbons (Fsp3) is 0.400. The highest BCUT2D eigenvalue weighted by molar-refractivity contribution is 6.36. The second kappa shape index (κ2) is 8.95. The van der Waals surface area contributed by atoms with Crippen LogP contribution in [0.15, 0.2) is 36.4 Å². The van der Waals surface area contributed by atoms with Gasteiger partial charge in [0.2, 0.25) is 0 Å². The quantitative estimate of drug-likeness (QED) is 0.529. The van der Waals surface area contributed by atoms with E-state index in [-0.39, 0.29) is 0 Å². The van der Waals surface area contributed by atoms with Gasteiger partial charge in [0.15, 0.2) is 6.19 Å². The number of aromatic nitrogens is 2. The molecule has 3 heterocycles. The topological polar surface area (TPSA) is 68.5 Å². The number of ether oxygens (including phenoxy) is 1. The molecule has 0 amide bonds. The molecule has 2 aliphatic heterocycles. The molecule has 3 aromatic rings. The van der Waals surface area contributed by atoms with Crippen LogP contribution < -0.4 is 14.5 Å². The highest BCUT2D eigenvalue weighted by atomic mass is 35.5. The van der Waals surface area contributed by atoms with Crippen LogP contribution in [-0.4, -0.2) is 55.2 Å². The first-order chi connectivity index (χ1) is 16.1. The lowest BCUT2D eigenvalue weighted by molar-refractivity contribution is 0.376. The molecule has 170 valence electrons. The van der Waals surface area contributed by atoms with Crippen molar-refractivity contribution in [3.05, 3.63) is 52.7 Å². The van der Waals surface area contributed by atoms with Gasteiger partial charge in [0.1, 0.15) is 5.82 Å². The summed E-state index contributed by atoms with van der Waals surface area (Å²) in [4.78, 5) is 15.8. The molecule has 1 aromatic heterocycles. The summed E-state index contributed by atoms with van der Waals surface area (Å²) in [5.74, 6) is 1.38. The lowest BCUT2D eigenvalue weighted by Crippen LogP contribution is -2.35. The van der Waals surface area contributed by atoms with E-state index in [1.807, 2.05) is 17.0 Å². The van der Waals surface area contributed by atoms with E-state index in [2.05, 4.69) is 47.3 Å². The molecule has 1 unspecified atom stereocenters. The van der Waals surface area contributed by atoms with Crippen molar-refractivity contribution >= 4 is 33.9 Å². The fourth-order valence-electron chi connectivity index (χ4n) is 5.09. The largest absolute Gasteiger partial charge is 0.467 e. The number of nitriles is 1. The smallest absolute Gasteiger partial charge is 0.318 e. The average Bonchev–Trinajstić information content (AvgIpc) is 3.30. The fourth-order valence-corrected chi connectivity index (χ4v) is 5.37. The van der Waals surface area contributed by atoms with Crippen LogP contribution in [0.1, 0.15) is 17.7 Å². The lowest BCUT2D eigenvalue weighted by Gasteiger charge is -2.33. The minimum Gasteiger partial charge on any atom is -0.467 e. The maximum atomic E-state index is 9.18. The Morgan fingerprint density at radius 3 is 2.79 bits per heavy atom. The van der Waals surface area contributed by atoms with E-state index in [1.54, 1.807) is 7.11 Å². The third-order valence-electron chi connectivity index (χ3n) is 6.70. The lowest BCUT2D eigenvalue weighted by atomic mass is 10.0. The van der Waals surface area contributed by atoms with Gasteiger partial charge in [-0.1, -0.05) is 35.9 Å². The standard InChI is InChI=1S/C25H27ClN6O/c1-30(13-17-9-11-31(14-17)16-27)24-19-10-12-32(15-21(19)28-25(29-24)33-2)22-8-4-6-18-5-3-7-20(26)23(18)22/h3-8,17H,9-15H2,1-2H3. The number of hydrogen-bond donors (Lipinski definition) is 0. The molecule has 1 fully saturated rings. The van der Waals surface area contributed by atoms with E-state index in [1.165, 1.54) is 5.56 Å². The third kappa shape index (κ3) is 4.11. The van der Waals surface area contributed by atoms with Gasteiger partial charge in [-0.3, -0.25) is 0 Å². The first-order valence-electron chi connectivity index (χ1n) is 11.3. The average molecular weight is 463 g/mol. The van der Waals surface area contributed by atoms with Gasteiger partial charge in [-0.05, 0) is 36.3 Å². The number of anilines is 2. The molecule has 0 spiro atoms. The van der Waals surface area contributed by atoms with Gasteiger partial charge in [-0.2, -0.15) is 15.2 Å². The molecule has 7 nitrogen and oxygen atoms in total. The van der Waals surface area contributed by atoms with Crippen molar-refractivity contribution in [3.8, 4) is 12.2 Å². The highest BCUT2D eigenvalue weighted by Crippen LogP contribution is 2.36. The van der Waals surface area contributed by atoms with Crippen molar-refractivity contribution in [2.75, 3.05) is 50.1 Å². The Morgan fingerprint density at radius 1 is 1.21 bits per heavy atom. The summed E-state index contributed by atoms with van der Waals surface area (Å²) in [5, 5.41) is 12.1. The Labute approximate surface area is 199 Å². The van der Waals surface area contributed by atoms with Gasteiger partial charge < -0.3 is 19.4 Å². The molecule has 33 heavy (non-hydrogen) atoms. The summed E-state index contributed by atoms with van der Waals surface area (Å²) in [5.41, 5.74) is 3.29. The Bertz CT molecular complexity index is 1220. The van der Waals surface area contributed by atoms with Gasteiger partial charge >= 0.3 is 6.01 Å². The molecule has 8 heteroatoms. The van der Waals surface area contributed by atoms with Crippen molar-refractivity contribution in [2.24, 2.45) is 5.92 Å². The van der Waals surface area contributed by atoms with Crippen molar-refractivity contribution < 1.29 is 4.74 Å². The predicted octanol–water partition coefficient (Wildman–Crippen LogP) is 4.09. The second-order valence-corrected chi connectivity index (χ2v) is 9.23. The van der Waals surface area contributed by atoms with Crippen molar-refractivity contribution in [2.45, 2.75) is 19.4 Å². The van der Waals surface area contributed by atoms with E-state index < -0.39 is 0 Å². The van der Waals surface area contributed by atoms with Gasteiger partial charge in [-0.15, -0.1) is 0 Å². The van der Waals surface area contributed by atoms with Crippen LogP contribution in [0, 0.1) is 17.4 Å². The Hall–Kier alpha value is -3.24. The van der Waals surface area contributed by atoms with E-state index in [0.29, 0.717) is 18.5 Å². The second-order valence-electron chi connectivity index (χ2n) is 8.83. The Balaban J connectivity index is 1.45. The first kappa shape index (κ1) is 21.6. The Morgan fingerprint density at radius 2 is 2.03 bits per heavy atom. The minimum atomic E-state index is 0.387. The molecule has 5 rings (SSSR count). The molecule has 1 saturated heterocycles.